The highest BCUT2D eigenvalue weighted by atomic mass is 19.1. The number of aromatic hydroxyl groups is 1. The highest BCUT2D eigenvalue weighted by Crippen LogP contribution is 2.44. The molecule has 210 valence electrons. The van der Waals surface area contributed by atoms with E-state index in [1.807, 2.05) is 18.7 Å². The van der Waals surface area contributed by atoms with Crippen LogP contribution in [0.1, 0.15) is 32.7 Å². The standard InChI is InChI=1S/C28H29F2N5O5/c1-4-19(37)33-9-10-34-16(13-33)14-39-24-21-25(34)32-27(38)35(15-8-11-40-28(2,3)12-15)26(21)31-23(22(24)30)20-17(29)6-5-7-18(20)36/h4-7,15-16,36H,1,8-14H2,2-3H3/t15?,16-/m1/s1. The summed E-state index contributed by atoms with van der Waals surface area (Å²) in [7, 11) is 0. The molecule has 3 aliphatic rings. The van der Waals surface area contributed by atoms with Crippen LogP contribution in [0.2, 0.25) is 0 Å². The molecule has 2 fully saturated rings. The van der Waals surface area contributed by atoms with Gasteiger partial charge in [0.1, 0.15) is 35.1 Å². The van der Waals surface area contributed by atoms with Crippen LogP contribution in [0.3, 0.4) is 0 Å². The molecule has 5 heterocycles. The number of amides is 1. The van der Waals surface area contributed by atoms with Gasteiger partial charge in [-0.3, -0.25) is 9.36 Å². The molecule has 3 aliphatic heterocycles. The zero-order chi connectivity index (χ0) is 28.3. The Kier molecular flexibility index (Phi) is 6.25. The van der Waals surface area contributed by atoms with Gasteiger partial charge in [0.2, 0.25) is 5.91 Å². The van der Waals surface area contributed by atoms with E-state index >= 15 is 4.39 Å². The second kappa shape index (κ2) is 9.54. The minimum absolute atomic E-state index is 0.0332. The summed E-state index contributed by atoms with van der Waals surface area (Å²) in [6.07, 6.45) is 2.18. The van der Waals surface area contributed by atoms with Gasteiger partial charge >= 0.3 is 5.69 Å². The van der Waals surface area contributed by atoms with Crippen LogP contribution in [0.5, 0.6) is 11.5 Å². The van der Waals surface area contributed by atoms with E-state index in [-0.39, 0.29) is 47.7 Å². The molecule has 1 amide bonds. The SMILES string of the molecule is C=CC(=O)N1CCN2c3nc(=O)n(C4CCOC(C)(C)C4)c4nc(-c5c(O)cccc5F)c(F)c(c34)OC[C@H]2C1. The summed E-state index contributed by atoms with van der Waals surface area (Å²) in [5.41, 5.74) is -1.96. The van der Waals surface area contributed by atoms with Gasteiger partial charge < -0.3 is 24.4 Å². The fraction of sp³-hybridized carbons (Fsp3) is 0.429. The number of anilines is 1. The summed E-state index contributed by atoms with van der Waals surface area (Å²) in [6.45, 7) is 8.65. The summed E-state index contributed by atoms with van der Waals surface area (Å²) >= 11 is 0. The fourth-order valence-electron chi connectivity index (χ4n) is 5.99. The molecule has 40 heavy (non-hydrogen) atoms. The summed E-state index contributed by atoms with van der Waals surface area (Å²) in [5, 5.41) is 10.7. The van der Waals surface area contributed by atoms with Gasteiger partial charge in [-0.05, 0) is 44.9 Å². The summed E-state index contributed by atoms with van der Waals surface area (Å²) in [4.78, 5) is 38.4. The molecule has 1 N–H and O–H groups in total. The van der Waals surface area contributed by atoms with E-state index in [0.717, 1.165) is 6.07 Å². The van der Waals surface area contributed by atoms with Gasteiger partial charge in [-0.15, -0.1) is 0 Å². The molecule has 0 bridgehead atoms. The maximum Gasteiger partial charge on any atom is 0.351 e. The first kappa shape index (κ1) is 26.2. The van der Waals surface area contributed by atoms with Crippen LogP contribution in [0, 0.1) is 11.6 Å². The van der Waals surface area contributed by atoms with Gasteiger partial charge in [0, 0.05) is 32.3 Å². The minimum Gasteiger partial charge on any atom is -0.507 e. The zero-order valence-electron chi connectivity index (χ0n) is 22.2. The van der Waals surface area contributed by atoms with Gasteiger partial charge in [-0.1, -0.05) is 12.6 Å². The lowest BCUT2D eigenvalue weighted by atomic mass is 9.93. The van der Waals surface area contributed by atoms with E-state index in [1.54, 1.807) is 4.90 Å². The molecule has 1 aromatic carbocycles. The predicted octanol–water partition coefficient (Wildman–Crippen LogP) is 3.17. The van der Waals surface area contributed by atoms with E-state index < -0.39 is 46.0 Å². The first-order valence-electron chi connectivity index (χ1n) is 13.2. The van der Waals surface area contributed by atoms with Crippen molar-refractivity contribution in [3.63, 3.8) is 0 Å². The molecule has 2 saturated heterocycles. The van der Waals surface area contributed by atoms with Crippen molar-refractivity contribution in [2.75, 3.05) is 37.7 Å². The Morgan fingerprint density at radius 1 is 1.23 bits per heavy atom. The second-order valence-corrected chi connectivity index (χ2v) is 10.9. The molecular weight excluding hydrogens is 524 g/mol. The number of phenolic OH excluding ortho intramolecular Hbond substituents is 1. The molecule has 2 aromatic heterocycles. The maximum absolute atomic E-state index is 16.3. The highest BCUT2D eigenvalue weighted by molar-refractivity contribution is 5.96. The quantitative estimate of drug-likeness (QED) is 0.493. The number of rotatable bonds is 3. The number of aromatic nitrogens is 3. The van der Waals surface area contributed by atoms with E-state index in [2.05, 4.69) is 16.5 Å². The number of hydrogen-bond acceptors (Lipinski definition) is 8. The third kappa shape index (κ3) is 4.17. The van der Waals surface area contributed by atoms with Crippen molar-refractivity contribution in [3.05, 3.63) is 53.0 Å². The molecule has 1 unspecified atom stereocenters. The average Bonchev–Trinajstić information content (AvgIpc) is 3.07. The molecule has 12 heteroatoms. The number of benzene rings is 1. The van der Waals surface area contributed by atoms with Crippen molar-refractivity contribution in [1.29, 1.82) is 0 Å². The third-order valence-corrected chi connectivity index (χ3v) is 7.86. The van der Waals surface area contributed by atoms with E-state index in [9.17, 15) is 19.1 Å². The van der Waals surface area contributed by atoms with Crippen LogP contribution in [-0.2, 0) is 9.53 Å². The predicted molar refractivity (Wildman–Crippen MR) is 143 cm³/mol. The lowest BCUT2D eigenvalue weighted by Gasteiger charge is -2.40. The number of pyridine rings is 1. The minimum atomic E-state index is -0.979. The molecule has 0 spiro atoms. The normalized spacial score (nSPS) is 21.9. The van der Waals surface area contributed by atoms with Crippen molar-refractivity contribution >= 4 is 22.8 Å². The summed E-state index contributed by atoms with van der Waals surface area (Å²) in [6, 6.07) is 2.81. The van der Waals surface area contributed by atoms with Crippen LogP contribution in [0.4, 0.5) is 14.6 Å². The van der Waals surface area contributed by atoms with Crippen LogP contribution in [0.15, 0.2) is 35.6 Å². The van der Waals surface area contributed by atoms with Crippen LogP contribution < -0.4 is 15.3 Å². The van der Waals surface area contributed by atoms with Gasteiger partial charge in [-0.25, -0.2) is 18.6 Å². The Labute approximate surface area is 228 Å². The number of carbonyl (C=O) groups excluding carboxylic acids is 1. The first-order valence-corrected chi connectivity index (χ1v) is 13.2. The molecule has 0 aliphatic carbocycles. The van der Waals surface area contributed by atoms with E-state index in [0.29, 0.717) is 32.5 Å². The molecule has 0 radical (unpaired) electrons. The average molecular weight is 554 g/mol. The topological polar surface area (TPSA) is 110 Å². The van der Waals surface area contributed by atoms with Crippen LogP contribution in [0.25, 0.3) is 22.3 Å². The lowest BCUT2D eigenvalue weighted by Crippen LogP contribution is -2.56. The van der Waals surface area contributed by atoms with Crippen molar-refractivity contribution < 1.29 is 28.2 Å². The van der Waals surface area contributed by atoms with Crippen molar-refractivity contribution in [2.45, 2.75) is 44.4 Å². The number of halogens is 2. The molecule has 6 rings (SSSR count). The Bertz CT molecular complexity index is 1590. The number of phenols is 1. The smallest absolute Gasteiger partial charge is 0.351 e. The monoisotopic (exact) mass is 553 g/mol. The third-order valence-electron chi connectivity index (χ3n) is 7.86. The van der Waals surface area contributed by atoms with E-state index in [1.165, 1.54) is 22.8 Å². The largest absolute Gasteiger partial charge is 0.507 e. The van der Waals surface area contributed by atoms with Crippen molar-refractivity contribution in [3.8, 4) is 22.8 Å². The van der Waals surface area contributed by atoms with Gasteiger partial charge in [0.15, 0.2) is 17.2 Å². The Morgan fingerprint density at radius 2 is 2.02 bits per heavy atom. The zero-order valence-corrected chi connectivity index (χ0v) is 22.2. The van der Waals surface area contributed by atoms with Crippen LogP contribution in [-0.4, -0.2) is 74.9 Å². The summed E-state index contributed by atoms with van der Waals surface area (Å²) in [5.74, 6) is -2.65. The number of hydrogen-bond donors (Lipinski definition) is 1. The Morgan fingerprint density at radius 3 is 2.75 bits per heavy atom. The number of piperazine rings is 1. The summed E-state index contributed by atoms with van der Waals surface area (Å²) < 4.78 is 44.6. The van der Waals surface area contributed by atoms with Crippen molar-refractivity contribution in [1.82, 2.24) is 19.4 Å². The van der Waals surface area contributed by atoms with E-state index in [4.69, 9.17) is 9.47 Å². The molecule has 10 nitrogen and oxygen atoms in total. The number of nitrogens with zero attached hydrogens (tertiary/aromatic N) is 5. The highest BCUT2D eigenvalue weighted by Gasteiger charge is 2.39. The first-order chi connectivity index (χ1) is 19.1. The van der Waals surface area contributed by atoms with Gasteiger partial charge in [0.25, 0.3) is 0 Å². The molecule has 0 saturated carbocycles. The fourth-order valence-corrected chi connectivity index (χ4v) is 5.99. The number of carbonyl (C=O) groups is 1. The maximum atomic E-state index is 16.3. The van der Waals surface area contributed by atoms with Crippen molar-refractivity contribution in [2.24, 2.45) is 0 Å². The van der Waals surface area contributed by atoms with Crippen LogP contribution >= 0.6 is 0 Å². The molecule has 2 atom stereocenters. The second-order valence-electron chi connectivity index (χ2n) is 10.9. The lowest BCUT2D eigenvalue weighted by molar-refractivity contribution is -0.126. The molecule has 3 aromatic rings. The molecular formula is C28H29F2N5O5. The van der Waals surface area contributed by atoms with Gasteiger partial charge in [-0.2, -0.15) is 4.98 Å². The number of fused-ring (bicyclic) bond motifs is 2. The Balaban J connectivity index is 1.62. The number of ether oxygens (including phenoxy) is 2. The van der Waals surface area contributed by atoms with Gasteiger partial charge in [0.05, 0.1) is 17.2 Å². The Hall–Kier alpha value is -4.06.